The number of hydrogen-bond donors (Lipinski definition) is 1. The van der Waals surface area contributed by atoms with Crippen LogP contribution in [0.25, 0.3) is 0 Å². The van der Waals surface area contributed by atoms with Gasteiger partial charge in [0.25, 0.3) is 0 Å². The summed E-state index contributed by atoms with van der Waals surface area (Å²) in [6.45, 7) is 1.80. The van der Waals surface area contributed by atoms with Crippen molar-refractivity contribution in [3.63, 3.8) is 0 Å². The minimum absolute atomic E-state index is 0.0195. The molecule has 0 unspecified atom stereocenters. The summed E-state index contributed by atoms with van der Waals surface area (Å²) in [5.41, 5.74) is 7.55. The molecule has 0 fully saturated rings. The Labute approximate surface area is 121 Å². The Kier molecular flexibility index (Phi) is 4.25. The second-order valence-electron chi connectivity index (χ2n) is 4.35. The summed E-state index contributed by atoms with van der Waals surface area (Å²) in [6.07, 6.45) is 0. The molecule has 0 radical (unpaired) electrons. The Morgan fingerprint density at radius 2 is 2.10 bits per heavy atom. The van der Waals surface area contributed by atoms with Gasteiger partial charge in [0, 0.05) is 0 Å². The lowest BCUT2D eigenvalue weighted by atomic mass is 10.1. The van der Waals surface area contributed by atoms with E-state index < -0.39 is 5.97 Å². The molecule has 5 heteroatoms. The Morgan fingerprint density at radius 3 is 2.85 bits per heavy atom. The average molecular weight is 294 g/mol. The Morgan fingerprint density at radius 1 is 1.35 bits per heavy atom. The Balaban J connectivity index is 2.13. The molecule has 0 spiro atoms. The highest BCUT2D eigenvalue weighted by Crippen LogP contribution is 2.23. The predicted molar refractivity (Wildman–Crippen MR) is 76.1 cm³/mol. The standard InChI is InChI=1S/C15H13ClFNO2/c1-9-5-6-11(17)7-10(9)8-20-15(19)12-3-2-4-13(16)14(12)18/h2-7H,8,18H2,1H3. The van der Waals surface area contributed by atoms with Crippen molar-refractivity contribution in [3.05, 3.63) is 63.9 Å². The second-order valence-corrected chi connectivity index (χ2v) is 4.76. The second kappa shape index (κ2) is 5.92. The van der Waals surface area contributed by atoms with Crippen LogP contribution in [0.4, 0.5) is 10.1 Å². The number of ether oxygens (including phenoxy) is 1. The first-order valence-electron chi connectivity index (χ1n) is 5.95. The van der Waals surface area contributed by atoms with E-state index in [4.69, 9.17) is 22.1 Å². The molecule has 0 saturated carbocycles. The van der Waals surface area contributed by atoms with Gasteiger partial charge < -0.3 is 10.5 Å². The molecule has 0 bridgehead atoms. The molecule has 2 aromatic carbocycles. The van der Waals surface area contributed by atoms with Crippen molar-refractivity contribution in [3.8, 4) is 0 Å². The van der Waals surface area contributed by atoms with Crippen LogP contribution >= 0.6 is 11.6 Å². The van der Waals surface area contributed by atoms with Crippen molar-refractivity contribution in [2.75, 3.05) is 5.73 Å². The van der Waals surface area contributed by atoms with Crippen molar-refractivity contribution in [1.82, 2.24) is 0 Å². The highest BCUT2D eigenvalue weighted by Gasteiger charge is 2.13. The number of hydrogen-bond acceptors (Lipinski definition) is 3. The van der Waals surface area contributed by atoms with E-state index in [1.807, 2.05) is 6.92 Å². The molecule has 0 aromatic heterocycles. The van der Waals surface area contributed by atoms with E-state index in [1.54, 1.807) is 18.2 Å². The summed E-state index contributed by atoms with van der Waals surface area (Å²) in [4.78, 5) is 11.9. The van der Waals surface area contributed by atoms with Gasteiger partial charge in [-0.1, -0.05) is 23.7 Å². The fraction of sp³-hybridized carbons (Fsp3) is 0.133. The number of nitrogen functional groups attached to an aromatic ring is 1. The summed E-state index contributed by atoms with van der Waals surface area (Å²) in [7, 11) is 0. The van der Waals surface area contributed by atoms with Gasteiger partial charge >= 0.3 is 5.97 Å². The highest BCUT2D eigenvalue weighted by atomic mass is 35.5. The summed E-state index contributed by atoms with van der Waals surface area (Å²) in [5.74, 6) is -0.961. The number of anilines is 1. The zero-order valence-electron chi connectivity index (χ0n) is 10.8. The molecular formula is C15H13ClFNO2. The van der Waals surface area contributed by atoms with Crippen LogP contribution in [0.5, 0.6) is 0 Å². The number of para-hydroxylation sites is 1. The van der Waals surface area contributed by atoms with E-state index in [0.29, 0.717) is 10.6 Å². The number of nitrogens with two attached hydrogens (primary N) is 1. The molecule has 104 valence electrons. The van der Waals surface area contributed by atoms with Gasteiger partial charge in [0.1, 0.15) is 12.4 Å². The Bertz CT molecular complexity index is 658. The number of benzene rings is 2. The van der Waals surface area contributed by atoms with Gasteiger partial charge in [-0.2, -0.15) is 0 Å². The topological polar surface area (TPSA) is 52.3 Å². The predicted octanol–water partition coefficient (Wildman–Crippen LogP) is 3.73. The molecule has 0 amide bonds. The lowest BCUT2D eigenvalue weighted by molar-refractivity contribution is 0.0473. The number of esters is 1. The number of carbonyl (C=O) groups is 1. The molecule has 2 N–H and O–H groups in total. The summed E-state index contributed by atoms with van der Waals surface area (Å²) >= 11 is 5.84. The van der Waals surface area contributed by atoms with Gasteiger partial charge in [0.05, 0.1) is 16.3 Å². The third kappa shape index (κ3) is 3.08. The van der Waals surface area contributed by atoms with Gasteiger partial charge in [0.2, 0.25) is 0 Å². The first-order chi connectivity index (χ1) is 9.49. The molecule has 2 rings (SSSR count). The van der Waals surface area contributed by atoms with Gasteiger partial charge in [-0.3, -0.25) is 0 Å². The van der Waals surface area contributed by atoms with Crippen molar-refractivity contribution in [1.29, 1.82) is 0 Å². The van der Waals surface area contributed by atoms with E-state index >= 15 is 0 Å². The number of rotatable bonds is 3. The van der Waals surface area contributed by atoms with Crippen molar-refractivity contribution < 1.29 is 13.9 Å². The van der Waals surface area contributed by atoms with Crippen LogP contribution in [0.15, 0.2) is 36.4 Å². The summed E-state index contributed by atoms with van der Waals surface area (Å²) in [5, 5.41) is 0.293. The van der Waals surface area contributed by atoms with Crippen molar-refractivity contribution in [2.24, 2.45) is 0 Å². The molecule has 0 aliphatic heterocycles. The highest BCUT2D eigenvalue weighted by molar-refractivity contribution is 6.33. The first kappa shape index (κ1) is 14.3. The molecule has 0 saturated heterocycles. The maximum absolute atomic E-state index is 13.1. The molecule has 2 aromatic rings. The maximum Gasteiger partial charge on any atom is 0.340 e. The third-order valence-corrected chi connectivity index (χ3v) is 3.27. The lowest BCUT2D eigenvalue weighted by Gasteiger charge is -2.09. The first-order valence-corrected chi connectivity index (χ1v) is 6.33. The van der Waals surface area contributed by atoms with Crippen LogP contribution in [-0.4, -0.2) is 5.97 Å². The van der Waals surface area contributed by atoms with Crippen LogP contribution in [0.3, 0.4) is 0 Å². The van der Waals surface area contributed by atoms with E-state index in [9.17, 15) is 9.18 Å². The maximum atomic E-state index is 13.1. The van der Waals surface area contributed by atoms with E-state index in [1.165, 1.54) is 18.2 Å². The van der Waals surface area contributed by atoms with Crippen LogP contribution < -0.4 is 5.73 Å². The molecule has 20 heavy (non-hydrogen) atoms. The van der Waals surface area contributed by atoms with Gasteiger partial charge in [-0.05, 0) is 42.3 Å². The molecule has 0 aliphatic rings. The SMILES string of the molecule is Cc1ccc(F)cc1COC(=O)c1cccc(Cl)c1N. The van der Waals surface area contributed by atoms with Crippen LogP contribution in [-0.2, 0) is 11.3 Å². The monoisotopic (exact) mass is 293 g/mol. The molecule has 3 nitrogen and oxygen atoms in total. The fourth-order valence-corrected chi connectivity index (χ4v) is 1.91. The van der Waals surface area contributed by atoms with Gasteiger partial charge in [-0.15, -0.1) is 0 Å². The zero-order chi connectivity index (χ0) is 14.7. The minimum Gasteiger partial charge on any atom is -0.457 e. The fourth-order valence-electron chi connectivity index (χ4n) is 1.73. The van der Waals surface area contributed by atoms with Crippen molar-refractivity contribution >= 4 is 23.3 Å². The molecule has 0 atom stereocenters. The number of aryl methyl sites for hydroxylation is 1. The van der Waals surface area contributed by atoms with Crippen molar-refractivity contribution in [2.45, 2.75) is 13.5 Å². The van der Waals surface area contributed by atoms with E-state index in [2.05, 4.69) is 0 Å². The average Bonchev–Trinajstić information content (AvgIpc) is 2.42. The van der Waals surface area contributed by atoms with E-state index in [0.717, 1.165) is 5.56 Å². The largest absolute Gasteiger partial charge is 0.457 e. The smallest absolute Gasteiger partial charge is 0.340 e. The normalized spacial score (nSPS) is 10.3. The Hall–Kier alpha value is -2.07. The summed E-state index contributed by atoms with van der Waals surface area (Å²) in [6, 6.07) is 9.06. The van der Waals surface area contributed by atoms with Crippen LogP contribution in [0.2, 0.25) is 5.02 Å². The van der Waals surface area contributed by atoms with Gasteiger partial charge in [0.15, 0.2) is 0 Å². The number of halogens is 2. The third-order valence-electron chi connectivity index (χ3n) is 2.94. The van der Waals surface area contributed by atoms with Crippen LogP contribution in [0.1, 0.15) is 21.5 Å². The quantitative estimate of drug-likeness (QED) is 0.693. The molecular weight excluding hydrogens is 281 g/mol. The van der Waals surface area contributed by atoms with E-state index in [-0.39, 0.29) is 23.7 Å². The molecule has 0 heterocycles. The summed E-state index contributed by atoms with van der Waals surface area (Å²) < 4.78 is 18.3. The van der Waals surface area contributed by atoms with Gasteiger partial charge in [-0.25, -0.2) is 9.18 Å². The number of carbonyl (C=O) groups excluding carboxylic acids is 1. The molecule has 0 aliphatic carbocycles. The zero-order valence-corrected chi connectivity index (χ0v) is 11.6. The lowest BCUT2D eigenvalue weighted by Crippen LogP contribution is -2.09. The van der Waals surface area contributed by atoms with Crippen LogP contribution in [0, 0.1) is 12.7 Å². The minimum atomic E-state index is -0.589.